The summed E-state index contributed by atoms with van der Waals surface area (Å²) in [5.41, 5.74) is 1.94. The zero-order valence-corrected chi connectivity index (χ0v) is 25.6. The van der Waals surface area contributed by atoms with E-state index in [1.807, 2.05) is 97.9 Å². The molecule has 0 aliphatic heterocycles. The quantitative estimate of drug-likeness (QED) is 0.236. The van der Waals surface area contributed by atoms with Gasteiger partial charge in [0, 0.05) is 32.1 Å². The maximum atomic E-state index is 14.5. The molecule has 3 aromatic carbocycles. The number of hydrogen-bond acceptors (Lipinski definition) is 5. The monoisotopic (exact) mass is 585 g/mol. The summed E-state index contributed by atoms with van der Waals surface area (Å²) in [4.78, 5) is 43.6. The van der Waals surface area contributed by atoms with E-state index in [4.69, 9.17) is 9.47 Å². The molecule has 1 N–H and O–H groups in total. The van der Waals surface area contributed by atoms with E-state index in [2.05, 4.69) is 11.9 Å². The number of rotatable bonds is 13. The lowest BCUT2D eigenvalue weighted by Crippen LogP contribution is -2.55. The highest BCUT2D eigenvalue weighted by Crippen LogP contribution is 2.19. The molecule has 0 aromatic heterocycles. The lowest BCUT2D eigenvalue weighted by Gasteiger charge is -2.36. The van der Waals surface area contributed by atoms with Crippen molar-refractivity contribution < 1.29 is 23.9 Å². The first-order valence-corrected chi connectivity index (χ1v) is 14.5. The molecule has 0 heterocycles. The number of benzene rings is 3. The van der Waals surface area contributed by atoms with E-state index in [0.29, 0.717) is 0 Å². The van der Waals surface area contributed by atoms with Gasteiger partial charge in [-0.1, -0.05) is 97.1 Å². The molecule has 3 rings (SSSR count). The molecule has 0 unspecified atom stereocenters. The Morgan fingerprint density at radius 2 is 1.40 bits per heavy atom. The van der Waals surface area contributed by atoms with Gasteiger partial charge >= 0.3 is 12.2 Å². The fourth-order valence-corrected chi connectivity index (χ4v) is 4.55. The van der Waals surface area contributed by atoms with Gasteiger partial charge in [-0.25, -0.2) is 9.59 Å². The first kappa shape index (κ1) is 32.9. The number of amides is 3. The van der Waals surface area contributed by atoms with Crippen molar-refractivity contribution >= 4 is 18.1 Å². The topological polar surface area (TPSA) is 88.2 Å². The average molecular weight is 586 g/mol. The normalized spacial score (nSPS) is 12.4. The second kappa shape index (κ2) is 16.2. The molecule has 0 spiro atoms. The molecule has 0 bridgehead atoms. The standard InChI is InChI=1S/C35H43N3O5/c1-6-22-38(34(41)43-35(3,4)5)31(23-28-16-10-7-11-17-28)32(39)37(25-29-18-12-8-13-19-29)24-27(2)36-33(40)42-26-30-20-14-9-15-21-30/h6-21,27,31H,1,22-26H2,2-5H3,(H,36,40)/t27-,31-/m1/s1. The SMILES string of the molecule is C=CCN(C(=O)OC(C)(C)C)[C@H](Cc1ccccc1)C(=O)N(Cc1ccccc1)C[C@@H](C)NC(=O)OCc1ccccc1. The number of nitrogens with one attached hydrogen (secondary N) is 1. The van der Waals surface area contributed by atoms with Crippen molar-refractivity contribution in [3.8, 4) is 0 Å². The van der Waals surface area contributed by atoms with Crippen LogP contribution in [0.1, 0.15) is 44.4 Å². The van der Waals surface area contributed by atoms with Crippen molar-refractivity contribution in [2.45, 2.75) is 65.0 Å². The van der Waals surface area contributed by atoms with Gasteiger partial charge < -0.3 is 19.7 Å². The van der Waals surface area contributed by atoms with Crippen LogP contribution in [0.3, 0.4) is 0 Å². The van der Waals surface area contributed by atoms with Crippen LogP contribution in [-0.2, 0) is 33.8 Å². The molecule has 0 fully saturated rings. The molecule has 3 amide bonds. The van der Waals surface area contributed by atoms with E-state index in [1.165, 1.54) is 4.90 Å². The molecule has 8 nitrogen and oxygen atoms in total. The smallest absolute Gasteiger partial charge is 0.411 e. The van der Waals surface area contributed by atoms with Crippen LogP contribution >= 0.6 is 0 Å². The molecule has 0 radical (unpaired) electrons. The molecule has 0 aliphatic carbocycles. The van der Waals surface area contributed by atoms with Crippen LogP contribution in [0.5, 0.6) is 0 Å². The third-order valence-corrected chi connectivity index (χ3v) is 6.49. The fourth-order valence-electron chi connectivity index (χ4n) is 4.55. The fraction of sp³-hybridized carbons (Fsp3) is 0.343. The van der Waals surface area contributed by atoms with Gasteiger partial charge in [0.25, 0.3) is 0 Å². The number of carbonyl (C=O) groups excluding carboxylic acids is 3. The van der Waals surface area contributed by atoms with Gasteiger partial charge in [-0.15, -0.1) is 6.58 Å². The molecule has 0 saturated carbocycles. The van der Waals surface area contributed by atoms with Gasteiger partial charge in [0.1, 0.15) is 18.2 Å². The van der Waals surface area contributed by atoms with Gasteiger partial charge in [0.05, 0.1) is 0 Å². The van der Waals surface area contributed by atoms with Gasteiger partial charge in [-0.05, 0) is 44.4 Å². The Morgan fingerprint density at radius 1 is 0.860 bits per heavy atom. The lowest BCUT2D eigenvalue weighted by atomic mass is 10.0. The largest absolute Gasteiger partial charge is 0.445 e. The molecule has 2 atom stereocenters. The predicted octanol–water partition coefficient (Wildman–Crippen LogP) is 6.36. The van der Waals surface area contributed by atoms with Crippen molar-refractivity contribution in [3.63, 3.8) is 0 Å². The van der Waals surface area contributed by atoms with E-state index in [-0.39, 0.29) is 38.6 Å². The van der Waals surface area contributed by atoms with Crippen molar-refractivity contribution in [2.24, 2.45) is 0 Å². The molecule has 8 heteroatoms. The molecule has 0 aliphatic rings. The summed E-state index contributed by atoms with van der Waals surface area (Å²) in [6.07, 6.45) is 0.686. The third-order valence-electron chi connectivity index (χ3n) is 6.49. The lowest BCUT2D eigenvalue weighted by molar-refractivity contribution is -0.137. The molecule has 43 heavy (non-hydrogen) atoms. The molecule has 3 aromatic rings. The van der Waals surface area contributed by atoms with Gasteiger partial charge in [-0.3, -0.25) is 9.69 Å². The highest BCUT2D eigenvalue weighted by Gasteiger charge is 2.35. The van der Waals surface area contributed by atoms with Gasteiger partial charge in [0.2, 0.25) is 5.91 Å². The van der Waals surface area contributed by atoms with E-state index >= 15 is 0 Å². The summed E-state index contributed by atoms with van der Waals surface area (Å²) in [6, 6.07) is 27.3. The Kier molecular flexibility index (Phi) is 12.4. The first-order valence-electron chi connectivity index (χ1n) is 14.5. The molecule has 228 valence electrons. The highest BCUT2D eigenvalue weighted by molar-refractivity contribution is 5.86. The summed E-state index contributed by atoms with van der Waals surface area (Å²) in [7, 11) is 0. The van der Waals surface area contributed by atoms with Crippen molar-refractivity contribution in [1.29, 1.82) is 0 Å². The zero-order chi connectivity index (χ0) is 31.2. The Labute approximate surface area is 255 Å². The molecular weight excluding hydrogens is 542 g/mol. The average Bonchev–Trinajstić information content (AvgIpc) is 2.98. The van der Waals surface area contributed by atoms with Crippen molar-refractivity contribution in [3.05, 3.63) is 120 Å². The number of ether oxygens (including phenoxy) is 2. The minimum absolute atomic E-state index is 0.122. The van der Waals surface area contributed by atoms with Crippen LogP contribution < -0.4 is 5.32 Å². The summed E-state index contributed by atoms with van der Waals surface area (Å²) in [6.45, 7) is 11.7. The number of hydrogen-bond donors (Lipinski definition) is 1. The maximum absolute atomic E-state index is 14.5. The number of alkyl carbamates (subject to hydrolysis) is 1. The Balaban J connectivity index is 1.87. The van der Waals surface area contributed by atoms with Crippen LogP contribution in [0.15, 0.2) is 104 Å². The van der Waals surface area contributed by atoms with Crippen LogP contribution in [0.4, 0.5) is 9.59 Å². The Hall–Kier alpha value is -4.59. The summed E-state index contributed by atoms with van der Waals surface area (Å²) in [5, 5.41) is 2.84. The summed E-state index contributed by atoms with van der Waals surface area (Å²) < 4.78 is 11.1. The minimum atomic E-state index is -0.879. The summed E-state index contributed by atoms with van der Waals surface area (Å²) in [5.74, 6) is -0.272. The second-order valence-corrected chi connectivity index (χ2v) is 11.4. The minimum Gasteiger partial charge on any atom is -0.445 e. The highest BCUT2D eigenvalue weighted by atomic mass is 16.6. The molecule has 0 saturated heterocycles. The van der Waals surface area contributed by atoms with E-state index in [1.54, 1.807) is 31.7 Å². The van der Waals surface area contributed by atoms with E-state index in [0.717, 1.165) is 16.7 Å². The Morgan fingerprint density at radius 3 is 1.93 bits per heavy atom. The molecular formula is C35H43N3O5. The first-order chi connectivity index (χ1) is 20.6. The maximum Gasteiger partial charge on any atom is 0.411 e. The van der Waals surface area contributed by atoms with Crippen LogP contribution in [0.2, 0.25) is 0 Å². The second-order valence-electron chi connectivity index (χ2n) is 11.4. The third kappa shape index (κ3) is 11.3. The van der Waals surface area contributed by atoms with E-state index in [9.17, 15) is 14.4 Å². The Bertz CT molecular complexity index is 1310. The van der Waals surface area contributed by atoms with Gasteiger partial charge in [-0.2, -0.15) is 0 Å². The van der Waals surface area contributed by atoms with Crippen molar-refractivity contribution in [2.75, 3.05) is 13.1 Å². The van der Waals surface area contributed by atoms with Crippen LogP contribution in [-0.4, -0.2) is 58.7 Å². The van der Waals surface area contributed by atoms with Crippen LogP contribution in [0, 0.1) is 0 Å². The van der Waals surface area contributed by atoms with E-state index < -0.39 is 29.9 Å². The van der Waals surface area contributed by atoms with Crippen molar-refractivity contribution in [1.82, 2.24) is 15.1 Å². The zero-order valence-electron chi connectivity index (χ0n) is 25.6. The van der Waals surface area contributed by atoms with Gasteiger partial charge in [0.15, 0.2) is 0 Å². The summed E-state index contributed by atoms with van der Waals surface area (Å²) >= 11 is 0. The van der Waals surface area contributed by atoms with Crippen LogP contribution in [0.25, 0.3) is 0 Å². The number of carbonyl (C=O) groups is 3. The predicted molar refractivity (Wildman–Crippen MR) is 168 cm³/mol. The number of nitrogens with zero attached hydrogens (tertiary/aromatic N) is 2.